The van der Waals surface area contributed by atoms with Gasteiger partial charge in [0.1, 0.15) is 25.4 Å². The molecule has 0 aliphatic rings. The Morgan fingerprint density at radius 3 is 1.46 bits per heavy atom. The summed E-state index contributed by atoms with van der Waals surface area (Å²) in [6, 6.07) is 0. The van der Waals surface area contributed by atoms with Gasteiger partial charge in [-0.15, -0.1) is 0 Å². The van der Waals surface area contributed by atoms with E-state index in [1.807, 2.05) is 26.0 Å². The second-order valence-electron chi connectivity index (χ2n) is 6.10. The maximum absolute atomic E-state index is 9.64. The minimum Gasteiger partial charge on any atom is -0.499 e. The summed E-state index contributed by atoms with van der Waals surface area (Å²) < 4.78 is 21.2. The van der Waals surface area contributed by atoms with Crippen molar-refractivity contribution in [1.82, 2.24) is 0 Å². The van der Waals surface area contributed by atoms with Gasteiger partial charge < -0.3 is 29.2 Å². The zero-order valence-corrected chi connectivity index (χ0v) is 16.5. The van der Waals surface area contributed by atoms with Crippen molar-refractivity contribution in [2.24, 2.45) is 0 Å². The molecular formula is C20H38O6. The number of allylic oxidation sites excluding steroid dienone is 2. The van der Waals surface area contributed by atoms with Gasteiger partial charge in [-0.25, -0.2) is 0 Å². The monoisotopic (exact) mass is 374 g/mol. The largest absolute Gasteiger partial charge is 0.499 e. The van der Waals surface area contributed by atoms with Crippen molar-refractivity contribution >= 4 is 0 Å². The van der Waals surface area contributed by atoms with E-state index in [-0.39, 0.29) is 13.2 Å². The molecule has 0 rings (SSSR count). The average Bonchev–Trinajstić information content (AvgIpc) is 2.64. The predicted molar refractivity (Wildman–Crippen MR) is 103 cm³/mol. The van der Waals surface area contributed by atoms with E-state index in [4.69, 9.17) is 18.9 Å². The van der Waals surface area contributed by atoms with Crippen molar-refractivity contribution in [2.45, 2.75) is 64.6 Å². The molecule has 0 fully saturated rings. The van der Waals surface area contributed by atoms with E-state index >= 15 is 0 Å². The summed E-state index contributed by atoms with van der Waals surface area (Å²) in [6.07, 6.45) is 11.7. The third-order valence-corrected chi connectivity index (χ3v) is 3.38. The van der Waals surface area contributed by atoms with Crippen LogP contribution in [0.2, 0.25) is 0 Å². The lowest BCUT2D eigenvalue weighted by atomic mass is 10.2. The first kappa shape index (κ1) is 24.9. The number of aliphatic hydroxyl groups is 2. The minimum atomic E-state index is -0.585. The van der Waals surface area contributed by atoms with Gasteiger partial charge in [-0.1, -0.05) is 38.8 Å². The highest BCUT2D eigenvalue weighted by Gasteiger charge is 2.04. The molecule has 0 aliphatic carbocycles. The molecule has 0 aromatic rings. The van der Waals surface area contributed by atoms with Crippen molar-refractivity contribution in [2.75, 3.05) is 39.6 Å². The Morgan fingerprint density at radius 1 is 0.654 bits per heavy atom. The molecule has 0 spiro atoms. The Morgan fingerprint density at radius 2 is 1.08 bits per heavy atom. The number of hydrogen-bond donors (Lipinski definition) is 2. The number of rotatable bonds is 19. The molecule has 0 aromatic carbocycles. The summed E-state index contributed by atoms with van der Waals surface area (Å²) in [7, 11) is 0. The minimum absolute atomic E-state index is 0.264. The van der Waals surface area contributed by atoms with Gasteiger partial charge >= 0.3 is 0 Å². The van der Waals surface area contributed by atoms with Crippen LogP contribution < -0.4 is 0 Å². The van der Waals surface area contributed by atoms with Crippen molar-refractivity contribution in [3.8, 4) is 0 Å². The number of unbranched alkanes of at least 4 members (excludes halogenated alkanes) is 3. The van der Waals surface area contributed by atoms with Gasteiger partial charge in [-0.3, -0.25) is 0 Å². The Kier molecular flexibility index (Phi) is 19.4. The molecule has 0 aromatic heterocycles. The third-order valence-electron chi connectivity index (χ3n) is 3.38. The first-order valence-corrected chi connectivity index (χ1v) is 9.75. The Labute approximate surface area is 158 Å². The van der Waals surface area contributed by atoms with Crippen molar-refractivity contribution < 1.29 is 29.2 Å². The Balaban J connectivity index is 3.26. The van der Waals surface area contributed by atoms with E-state index in [2.05, 4.69) is 0 Å². The standard InChI is InChI=1S/C20H38O6/c1-3-5-11-23-15-19(21)17-25-13-9-7-8-10-14-26-18-20(22)16-24-12-6-4-2/h5-6,11-12,19-22H,3-4,7-10,13-18H2,1-2H3. The molecule has 0 bridgehead atoms. The smallest absolute Gasteiger partial charge is 0.115 e. The molecule has 2 N–H and O–H groups in total. The lowest BCUT2D eigenvalue weighted by Gasteiger charge is -2.11. The first-order chi connectivity index (χ1) is 12.7. The second-order valence-corrected chi connectivity index (χ2v) is 6.10. The molecule has 154 valence electrons. The SMILES string of the molecule is CCC=COCC(O)COCCCCCCOCC(O)COC=CCC. The number of aliphatic hydroxyl groups excluding tert-OH is 2. The molecule has 0 heterocycles. The van der Waals surface area contributed by atoms with Gasteiger partial charge in [0.2, 0.25) is 0 Å². The zero-order valence-electron chi connectivity index (χ0n) is 16.5. The fraction of sp³-hybridized carbons (Fsp3) is 0.800. The molecule has 0 saturated heterocycles. The van der Waals surface area contributed by atoms with Crippen LogP contribution in [0.25, 0.3) is 0 Å². The fourth-order valence-electron chi connectivity index (χ4n) is 1.96. The molecule has 2 unspecified atom stereocenters. The fourth-order valence-corrected chi connectivity index (χ4v) is 1.96. The van der Waals surface area contributed by atoms with E-state index in [9.17, 15) is 10.2 Å². The topological polar surface area (TPSA) is 77.4 Å². The van der Waals surface area contributed by atoms with Gasteiger partial charge in [-0.2, -0.15) is 0 Å². The van der Waals surface area contributed by atoms with Crippen LogP contribution in [0.5, 0.6) is 0 Å². The summed E-state index contributed by atoms with van der Waals surface area (Å²) in [6.45, 7) is 6.47. The number of ether oxygens (including phenoxy) is 4. The van der Waals surface area contributed by atoms with Gasteiger partial charge in [0.25, 0.3) is 0 Å². The zero-order chi connectivity index (χ0) is 19.3. The van der Waals surface area contributed by atoms with Crippen LogP contribution in [0.4, 0.5) is 0 Å². The third kappa shape index (κ3) is 19.2. The highest BCUT2D eigenvalue weighted by molar-refractivity contribution is 4.71. The van der Waals surface area contributed by atoms with Crippen LogP contribution >= 0.6 is 0 Å². The van der Waals surface area contributed by atoms with Gasteiger partial charge in [-0.05, 0) is 25.7 Å². The Bertz CT molecular complexity index is 300. The molecule has 2 atom stereocenters. The first-order valence-electron chi connectivity index (χ1n) is 9.75. The lowest BCUT2D eigenvalue weighted by molar-refractivity contribution is -0.00100. The second kappa shape index (κ2) is 20.2. The molecule has 0 amide bonds. The summed E-state index contributed by atoms with van der Waals surface area (Å²) in [5, 5.41) is 19.3. The van der Waals surface area contributed by atoms with Gasteiger partial charge in [0.05, 0.1) is 25.7 Å². The molecule has 0 saturated carbocycles. The summed E-state index contributed by atoms with van der Waals surface area (Å²) >= 11 is 0. The van der Waals surface area contributed by atoms with E-state index in [1.54, 1.807) is 12.5 Å². The summed E-state index contributed by atoms with van der Waals surface area (Å²) in [5.74, 6) is 0. The molecule has 26 heavy (non-hydrogen) atoms. The van der Waals surface area contributed by atoms with Crippen LogP contribution in [0.1, 0.15) is 52.4 Å². The van der Waals surface area contributed by atoms with Crippen LogP contribution in [0.15, 0.2) is 24.7 Å². The van der Waals surface area contributed by atoms with Crippen molar-refractivity contribution in [1.29, 1.82) is 0 Å². The number of hydrogen-bond acceptors (Lipinski definition) is 6. The molecular weight excluding hydrogens is 336 g/mol. The van der Waals surface area contributed by atoms with E-state index in [0.717, 1.165) is 38.5 Å². The van der Waals surface area contributed by atoms with Crippen LogP contribution in [-0.4, -0.2) is 62.1 Å². The molecule has 0 aliphatic heterocycles. The van der Waals surface area contributed by atoms with Crippen LogP contribution in [0.3, 0.4) is 0 Å². The van der Waals surface area contributed by atoms with Crippen molar-refractivity contribution in [3.63, 3.8) is 0 Å². The normalized spacial score (nSPS) is 14.2. The predicted octanol–water partition coefficient (Wildman–Crippen LogP) is 3.18. The molecule has 0 radical (unpaired) electrons. The maximum atomic E-state index is 9.64. The summed E-state index contributed by atoms with van der Waals surface area (Å²) in [4.78, 5) is 0. The van der Waals surface area contributed by atoms with E-state index < -0.39 is 12.2 Å². The van der Waals surface area contributed by atoms with Crippen molar-refractivity contribution in [3.05, 3.63) is 24.7 Å². The van der Waals surface area contributed by atoms with Crippen LogP contribution in [-0.2, 0) is 18.9 Å². The quantitative estimate of drug-likeness (QED) is 0.267. The van der Waals surface area contributed by atoms with Gasteiger partial charge in [0, 0.05) is 13.2 Å². The summed E-state index contributed by atoms with van der Waals surface area (Å²) in [5.41, 5.74) is 0. The molecule has 6 heteroatoms. The Hall–Kier alpha value is -1.08. The maximum Gasteiger partial charge on any atom is 0.115 e. The lowest BCUT2D eigenvalue weighted by Crippen LogP contribution is -2.21. The van der Waals surface area contributed by atoms with Crippen LogP contribution in [0, 0.1) is 0 Å². The van der Waals surface area contributed by atoms with E-state index in [1.165, 1.54) is 0 Å². The molecule has 6 nitrogen and oxygen atoms in total. The van der Waals surface area contributed by atoms with E-state index in [0.29, 0.717) is 26.4 Å². The van der Waals surface area contributed by atoms with Gasteiger partial charge in [0.15, 0.2) is 0 Å². The average molecular weight is 375 g/mol. The highest BCUT2D eigenvalue weighted by Crippen LogP contribution is 2.02. The highest BCUT2D eigenvalue weighted by atomic mass is 16.5.